The van der Waals surface area contributed by atoms with E-state index in [0.29, 0.717) is 19.3 Å². The monoisotopic (exact) mass is 293 g/mol. The van der Waals surface area contributed by atoms with Gasteiger partial charge in [0.1, 0.15) is 6.04 Å². The third kappa shape index (κ3) is 3.64. The number of rotatable bonds is 5. The number of nitrogens with one attached hydrogen (secondary N) is 1. The molecule has 0 saturated carbocycles. The number of piperidine rings is 1. The fourth-order valence-corrected chi connectivity index (χ4v) is 3.49. The Bertz CT molecular complexity index is 450. The van der Waals surface area contributed by atoms with Crippen LogP contribution < -0.4 is 5.32 Å². The molecule has 19 heavy (non-hydrogen) atoms. The van der Waals surface area contributed by atoms with E-state index in [4.69, 9.17) is 5.11 Å². The lowest BCUT2D eigenvalue weighted by atomic mass is 10.1. The first-order valence-corrected chi connectivity index (χ1v) is 7.37. The number of carbonyl (C=O) groups is 2. The molecule has 8 nitrogen and oxygen atoms in total. The van der Waals surface area contributed by atoms with E-state index in [-0.39, 0.29) is 13.1 Å². The van der Waals surface area contributed by atoms with Crippen molar-refractivity contribution in [3.05, 3.63) is 0 Å². The summed E-state index contributed by atoms with van der Waals surface area (Å²) in [6.45, 7) is -0.168. The van der Waals surface area contributed by atoms with E-state index in [9.17, 15) is 18.0 Å². The van der Waals surface area contributed by atoms with Gasteiger partial charge in [0.15, 0.2) is 0 Å². The zero-order valence-corrected chi connectivity index (χ0v) is 11.8. The van der Waals surface area contributed by atoms with Crippen LogP contribution in [-0.4, -0.2) is 67.2 Å². The third-order valence-electron chi connectivity index (χ3n) is 3.07. The summed E-state index contributed by atoms with van der Waals surface area (Å²) in [6.07, 6.45) is 1.60. The highest BCUT2D eigenvalue weighted by molar-refractivity contribution is 7.86. The van der Waals surface area contributed by atoms with Crippen LogP contribution in [-0.2, 0) is 19.8 Å². The quantitative estimate of drug-likeness (QED) is 0.665. The number of carboxylic acids is 1. The number of aliphatic carboxylic acids is 1. The summed E-state index contributed by atoms with van der Waals surface area (Å²) in [5.41, 5.74) is 0. The lowest BCUT2D eigenvalue weighted by molar-refractivity contribution is -0.142. The fourth-order valence-electron chi connectivity index (χ4n) is 1.97. The van der Waals surface area contributed by atoms with E-state index in [1.807, 2.05) is 0 Å². The van der Waals surface area contributed by atoms with Crippen molar-refractivity contribution in [1.29, 1.82) is 0 Å². The van der Waals surface area contributed by atoms with Crippen LogP contribution in [0.2, 0.25) is 0 Å². The predicted octanol–water partition coefficient (Wildman–Crippen LogP) is -1.15. The molecule has 0 aromatic rings. The second-order valence-corrected chi connectivity index (χ2v) is 6.39. The molecule has 110 valence electrons. The van der Waals surface area contributed by atoms with Gasteiger partial charge in [-0.1, -0.05) is 0 Å². The van der Waals surface area contributed by atoms with Gasteiger partial charge in [-0.2, -0.15) is 17.0 Å². The molecule has 0 spiro atoms. The van der Waals surface area contributed by atoms with Crippen LogP contribution in [0.5, 0.6) is 0 Å². The molecule has 0 aromatic carbocycles. The number of nitrogens with zero attached hydrogens (tertiary/aromatic N) is 2. The minimum atomic E-state index is -3.94. The summed E-state index contributed by atoms with van der Waals surface area (Å²) >= 11 is 0. The molecule has 2 N–H and O–H groups in total. The Labute approximate surface area is 112 Å². The predicted molar refractivity (Wildman–Crippen MR) is 67.6 cm³/mol. The zero-order chi connectivity index (χ0) is 14.6. The van der Waals surface area contributed by atoms with E-state index in [1.165, 1.54) is 14.1 Å². The van der Waals surface area contributed by atoms with Gasteiger partial charge in [-0.3, -0.25) is 9.59 Å². The highest BCUT2D eigenvalue weighted by Crippen LogP contribution is 2.22. The van der Waals surface area contributed by atoms with Crippen LogP contribution in [0.4, 0.5) is 0 Å². The van der Waals surface area contributed by atoms with Crippen molar-refractivity contribution in [2.75, 3.05) is 27.2 Å². The Morgan fingerprint density at radius 1 is 1.42 bits per heavy atom. The Hall–Kier alpha value is -1.19. The zero-order valence-electron chi connectivity index (χ0n) is 11.0. The molecular formula is C10H19N3O5S. The van der Waals surface area contributed by atoms with Crippen molar-refractivity contribution in [3.8, 4) is 0 Å². The van der Waals surface area contributed by atoms with Crippen molar-refractivity contribution in [3.63, 3.8) is 0 Å². The van der Waals surface area contributed by atoms with E-state index in [2.05, 4.69) is 5.32 Å². The van der Waals surface area contributed by atoms with Crippen molar-refractivity contribution in [1.82, 2.24) is 13.9 Å². The molecule has 1 fully saturated rings. The highest BCUT2D eigenvalue weighted by Gasteiger charge is 2.39. The summed E-state index contributed by atoms with van der Waals surface area (Å²) in [7, 11) is -1.27. The summed E-state index contributed by atoms with van der Waals surface area (Å²) in [6, 6.07) is -1.05. The molecule has 9 heteroatoms. The average molecular weight is 293 g/mol. The Morgan fingerprint density at radius 2 is 2.05 bits per heavy atom. The summed E-state index contributed by atoms with van der Waals surface area (Å²) < 4.78 is 26.3. The molecule has 0 aromatic heterocycles. The molecule has 1 aliphatic heterocycles. The van der Waals surface area contributed by atoms with Gasteiger partial charge < -0.3 is 10.4 Å². The van der Waals surface area contributed by atoms with Gasteiger partial charge in [-0.05, 0) is 19.3 Å². The first-order valence-electron chi connectivity index (χ1n) is 5.97. The first kappa shape index (κ1) is 15.9. The van der Waals surface area contributed by atoms with E-state index in [0.717, 1.165) is 8.61 Å². The Balaban J connectivity index is 2.90. The standard InChI is InChI=1S/C10H19N3O5S/c1-11-9(14)7-12(2)19(17,18)13-6-4-3-5-8(13)10(15)16/h8H,3-7H2,1-2H3,(H,11,14)(H,15,16). The molecule has 1 unspecified atom stereocenters. The van der Waals surface area contributed by atoms with Gasteiger partial charge in [0, 0.05) is 20.6 Å². The lowest BCUT2D eigenvalue weighted by Gasteiger charge is -2.34. The van der Waals surface area contributed by atoms with Crippen molar-refractivity contribution in [2.24, 2.45) is 0 Å². The number of hydrogen-bond donors (Lipinski definition) is 2. The average Bonchev–Trinajstić information content (AvgIpc) is 2.38. The number of carbonyl (C=O) groups excluding carboxylic acids is 1. The van der Waals surface area contributed by atoms with Gasteiger partial charge in [0.25, 0.3) is 10.2 Å². The molecule has 0 radical (unpaired) electrons. The Morgan fingerprint density at radius 3 is 2.58 bits per heavy atom. The van der Waals surface area contributed by atoms with E-state index < -0.39 is 28.1 Å². The minimum absolute atomic E-state index is 0.164. The third-order valence-corrected chi connectivity index (χ3v) is 5.02. The van der Waals surface area contributed by atoms with Crippen LogP contribution in [0.1, 0.15) is 19.3 Å². The molecule has 1 heterocycles. The van der Waals surface area contributed by atoms with Crippen molar-refractivity contribution in [2.45, 2.75) is 25.3 Å². The normalized spacial score (nSPS) is 21.3. The highest BCUT2D eigenvalue weighted by atomic mass is 32.2. The van der Waals surface area contributed by atoms with E-state index in [1.54, 1.807) is 0 Å². The first-order chi connectivity index (χ1) is 8.80. The van der Waals surface area contributed by atoms with Crippen LogP contribution >= 0.6 is 0 Å². The van der Waals surface area contributed by atoms with Gasteiger partial charge >= 0.3 is 5.97 Å². The van der Waals surface area contributed by atoms with Gasteiger partial charge in [-0.15, -0.1) is 0 Å². The number of hydrogen-bond acceptors (Lipinski definition) is 4. The Kier molecular flexibility index (Phi) is 5.27. The molecule has 1 rings (SSSR count). The van der Waals surface area contributed by atoms with Crippen LogP contribution in [0.3, 0.4) is 0 Å². The lowest BCUT2D eigenvalue weighted by Crippen LogP contribution is -2.53. The second-order valence-electron chi connectivity index (χ2n) is 4.40. The molecule has 1 aliphatic rings. The summed E-state index contributed by atoms with van der Waals surface area (Å²) in [4.78, 5) is 22.3. The number of amides is 1. The van der Waals surface area contributed by atoms with Crippen LogP contribution in [0, 0.1) is 0 Å². The van der Waals surface area contributed by atoms with Gasteiger partial charge in [0.05, 0.1) is 6.54 Å². The van der Waals surface area contributed by atoms with Crippen LogP contribution in [0.25, 0.3) is 0 Å². The topological polar surface area (TPSA) is 107 Å². The second kappa shape index (κ2) is 6.31. The molecule has 1 amide bonds. The fraction of sp³-hybridized carbons (Fsp3) is 0.800. The molecule has 0 aliphatic carbocycles. The van der Waals surface area contributed by atoms with Crippen LogP contribution in [0.15, 0.2) is 0 Å². The maximum Gasteiger partial charge on any atom is 0.322 e. The molecule has 0 bridgehead atoms. The van der Waals surface area contributed by atoms with Crippen molar-refractivity contribution < 1.29 is 23.1 Å². The molecule has 1 saturated heterocycles. The molecule has 1 atom stereocenters. The summed E-state index contributed by atoms with van der Waals surface area (Å²) in [5, 5.41) is 11.4. The summed E-state index contributed by atoms with van der Waals surface area (Å²) in [5.74, 6) is -1.61. The number of carboxylic acid groups (broad SMARTS) is 1. The maximum atomic E-state index is 12.3. The number of likely N-dealkylation sites (N-methyl/N-ethyl adjacent to an activating group) is 2. The van der Waals surface area contributed by atoms with E-state index >= 15 is 0 Å². The smallest absolute Gasteiger partial charge is 0.322 e. The maximum absolute atomic E-state index is 12.3. The van der Waals surface area contributed by atoms with Gasteiger partial charge in [0.2, 0.25) is 5.91 Å². The minimum Gasteiger partial charge on any atom is -0.480 e. The van der Waals surface area contributed by atoms with Gasteiger partial charge in [-0.25, -0.2) is 0 Å². The SMILES string of the molecule is CNC(=O)CN(C)S(=O)(=O)N1CCCCC1C(=O)O. The molecular weight excluding hydrogens is 274 g/mol. The largest absolute Gasteiger partial charge is 0.480 e. The van der Waals surface area contributed by atoms with Crippen molar-refractivity contribution >= 4 is 22.1 Å².